The molecule has 0 bridgehead atoms. The van der Waals surface area contributed by atoms with E-state index < -0.39 is 5.97 Å². The van der Waals surface area contributed by atoms with Crippen molar-refractivity contribution < 1.29 is 19.0 Å². The SMILES string of the molecule is CCOC(=O)/C=C(\N)COC(C)OC. The summed E-state index contributed by atoms with van der Waals surface area (Å²) in [6.07, 6.45) is 0.857. The predicted molar refractivity (Wildman–Crippen MR) is 51.3 cm³/mol. The number of ether oxygens (including phenoxy) is 3. The Kier molecular flexibility index (Phi) is 6.78. The Balaban J connectivity index is 3.82. The fourth-order valence-electron chi connectivity index (χ4n) is 0.659. The molecule has 0 fully saturated rings. The Morgan fingerprint density at radius 2 is 2.21 bits per heavy atom. The summed E-state index contributed by atoms with van der Waals surface area (Å²) in [7, 11) is 1.52. The van der Waals surface area contributed by atoms with E-state index in [1.165, 1.54) is 13.2 Å². The highest BCUT2D eigenvalue weighted by Crippen LogP contribution is 1.94. The number of methoxy groups -OCH3 is 1. The van der Waals surface area contributed by atoms with Gasteiger partial charge in [0.2, 0.25) is 0 Å². The topological polar surface area (TPSA) is 70.8 Å². The highest BCUT2D eigenvalue weighted by atomic mass is 16.7. The van der Waals surface area contributed by atoms with E-state index in [2.05, 4.69) is 4.74 Å². The molecule has 0 aromatic carbocycles. The van der Waals surface area contributed by atoms with Crippen LogP contribution in [0.1, 0.15) is 13.8 Å². The van der Waals surface area contributed by atoms with Crippen molar-refractivity contribution in [3.8, 4) is 0 Å². The highest BCUT2D eigenvalue weighted by Gasteiger charge is 2.02. The first-order chi connectivity index (χ1) is 6.60. The van der Waals surface area contributed by atoms with E-state index in [9.17, 15) is 4.79 Å². The van der Waals surface area contributed by atoms with Crippen LogP contribution >= 0.6 is 0 Å². The third-order valence-corrected chi connectivity index (χ3v) is 1.41. The molecule has 0 heterocycles. The van der Waals surface area contributed by atoms with Crippen molar-refractivity contribution in [2.45, 2.75) is 20.1 Å². The molecule has 0 saturated heterocycles. The minimum atomic E-state index is -0.460. The van der Waals surface area contributed by atoms with Gasteiger partial charge in [-0.1, -0.05) is 0 Å². The Morgan fingerprint density at radius 3 is 2.71 bits per heavy atom. The maximum absolute atomic E-state index is 10.9. The second kappa shape index (κ2) is 7.34. The minimum absolute atomic E-state index is 0.147. The van der Waals surface area contributed by atoms with Gasteiger partial charge in [0.05, 0.1) is 13.2 Å². The van der Waals surface area contributed by atoms with Gasteiger partial charge in [0.25, 0.3) is 0 Å². The molecule has 5 heteroatoms. The van der Waals surface area contributed by atoms with Gasteiger partial charge >= 0.3 is 5.97 Å². The molecule has 0 aromatic rings. The van der Waals surface area contributed by atoms with E-state index in [1.807, 2.05) is 0 Å². The van der Waals surface area contributed by atoms with Crippen molar-refractivity contribution in [1.82, 2.24) is 0 Å². The molecule has 0 aliphatic heterocycles. The van der Waals surface area contributed by atoms with Gasteiger partial charge in [-0.05, 0) is 13.8 Å². The summed E-state index contributed by atoms with van der Waals surface area (Å²) in [5.41, 5.74) is 5.80. The van der Waals surface area contributed by atoms with Gasteiger partial charge in [0.1, 0.15) is 0 Å². The number of nitrogens with two attached hydrogens (primary N) is 1. The van der Waals surface area contributed by atoms with Crippen LogP contribution in [0.15, 0.2) is 11.8 Å². The maximum Gasteiger partial charge on any atom is 0.332 e. The third-order valence-electron chi connectivity index (χ3n) is 1.41. The number of hydrogen-bond acceptors (Lipinski definition) is 5. The van der Waals surface area contributed by atoms with Crippen molar-refractivity contribution in [3.63, 3.8) is 0 Å². The lowest BCUT2D eigenvalue weighted by molar-refractivity contribution is -0.137. The van der Waals surface area contributed by atoms with Crippen molar-refractivity contribution in [2.24, 2.45) is 5.73 Å². The van der Waals surface area contributed by atoms with Crippen LogP contribution in [-0.2, 0) is 19.0 Å². The van der Waals surface area contributed by atoms with Gasteiger partial charge in [-0.25, -0.2) is 4.79 Å². The number of hydrogen-bond donors (Lipinski definition) is 1. The summed E-state index contributed by atoms with van der Waals surface area (Å²) < 4.78 is 14.6. The number of esters is 1. The summed E-state index contributed by atoms with van der Waals surface area (Å²) in [6, 6.07) is 0. The second-order valence-electron chi connectivity index (χ2n) is 2.59. The Hall–Kier alpha value is -1.07. The molecule has 0 spiro atoms. The first-order valence-electron chi connectivity index (χ1n) is 4.37. The summed E-state index contributed by atoms with van der Waals surface area (Å²) in [4.78, 5) is 10.9. The third kappa shape index (κ3) is 6.45. The maximum atomic E-state index is 10.9. The van der Waals surface area contributed by atoms with Crippen LogP contribution in [0.2, 0.25) is 0 Å². The zero-order valence-corrected chi connectivity index (χ0v) is 8.78. The van der Waals surface area contributed by atoms with Crippen LogP contribution in [-0.4, -0.2) is 32.6 Å². The lowest BCUT2D eigenvalue weighted by Crippen LogP contribution is -2.17. The zero-order valence-electron chi connectivity index (χ0n) is 8.78. The summed E-state index contributed by atoms with van der Waals surface area (Å²) in [5, 5.41) is 0. The van der Waals surface area contributed by atoms with Crippen molar-refractivity contribution >= 4 is 5.97 Å². The fraction of sp³-hybridized carbons (Fsp3) is 0.667. The molecule has 0 aromatic heterocycles. The van der Waals surface area contributed by atoms with Crippen molar-refractivity contribution in [2.75, 3.05) is 20.3 Å². The van der Waals surface area contributed by atoms with Gasteiger partial charge in [-0.2, -0.15) is 0 Å². The van der Waals surface area contributed by atoms with E-state index >= 15 is 0 Å². The van der Waals surface area contributed by atoms with E-state index in [4.69, 9.17) is 15.2 Å². The van der Waals surface area contributed by atoms with Gasteiger partial charge in [0.15, 0.2) is 6.29 Å². The molecule has 0 amide bonds. The molecule has 0 radical (unpaired) electrons. The van der Waals surface area contributed by atoms with Crippen LogP contribution in [0, 0.1) is 0 Å². The molecule has 5 nitrogen and oxygen atoms in total. The van der Waals surface area contributed by atoms with E-state index in [1.54, 1.807) is 13.8 Å². The monoisotopic (exact) mass is 203 g/mol. The molecule has 82 valence electrons. The fourth-order valence-corrected chi connectivity index (χ4v) is 0.659. The highest BCUT2D eigenvalue weighted by molar-refractivity contribution is 5.82. The molecule has 0 saturated carbocycles. The van der Waals surface area contributed by atoms with Crippen LogP contribution in [0.3, 0.4) is 0 Å². The van der Waals surface area contributed by atoms with Crippen LogP contribution in [0.4, 0.5) is 0 Å². The molecule has 0 aliphatic carbocycles. The summed E-state index contributed by atoms with van der Waals surface area (Å²) >= 11 is 0. The average Bonchev–Trinajstić information content (AvgIpc) is 2.14. The van der Waals surface area contributed by atoms with Crippen LogP contribution in [0.5, 0.6) is 0 Å². The Labute approximate surface area is 83.8 Å². The second-order valence-corrected chi connectivity index (χ2v) is 2.59. The quantitative estimate of drug-likeness (QED) is 0.384. The van der Waals surface area contributed by atoms with Crippen molar-refractivity contribution in [3.05, 3.63) is 11.8 Å². The summed E-state index contributed by atoms with van der Waals surface area (Å²) in [5.74, 6) is -0.460. The minimum Gasteiger partial charge on any atom is -0.463 e. The Bertz CT molecular complexity index is 203. The molecular weight excluding hydrogens is 186 g/mol. The first kappa shape index (κ1) is 12.9. The van der Waals surface area contributed by atoms with Gasteiger partial charge in [0, 0.05) is 18.9 Å². The summed E-state index contributed by atoms with van der Waals surface area (Å²) in [6.45, 7) is 3.94. The number of rotatable bonds is 6. The van der Waals surface area contributed by atoms with Gasteiger partial charge < -0.3 is 19.9 Å². The first-order valence-corrected chi connectivity index (χ1v) is 4.37. The Morgan fingerprint density at radius 1 is 1.57 bits per heavy atom. The van der Waals surface area contributed by atoms with E-state index in [0.717, 1.165) is 0 Å². The largest absolute Gasteiger partial charge is 0.463 e. The van der Waals surface area contributed by atoms with E-state index in [-0.39, 0.29) is 12.9 Å². The van der Waals surface area contributed by atoms with Crippen LogP contribution < -0.4 is 5.73 Å². The molecule has 1 atom stereocenters. The molecule has 14 heavy (non-hydrogen) atoms. The molecule has 0 aliphatic rings. The molecular formula is C9H17NO4. The normalized spacial score (nSPS) is 13.8. The van der Waals surface area contributed by atoms with Crippen molar-refractivity contribution in [1.29, 1.82) is 0 Å². The number of carbonyl (C=O) groups is 1. The molecule has 0 rings (SSSR count). The lowest BCUT2D eigenvalue weighted by Gasteiger charge is -2.10. The van der Waals surface area contributed by atoms with Crippen LogP contribution in [0.25, 0.3) is 0 Å². The lowest BCUT2D eigenvalue weighted by atomic mass is 10.4. The standard InChI is InChI=1S/C9H17NO4/c1-4-13-9(11)5-8(10)6-14-7(2)12-3/h5,7H,4,6,10H2,1-3H3/b8-5-. The predicted octanol–water partition coefficient (Wildman–Crippen LogP) is 0.401. The number of carbonyl (C=O) groups excluding carboxylic acids is 1. The molecule has 1 unspecified atom stereocenters. The van der Waals surface area contributed by atoms with Gasteiger partial charge in [-0.15, -0.1) is 0 Å². The smallest absolute Gasteiger partial charge is 0.332 e. The zero-order chi connectivity index (χ0) is 11.0. The average molecular weight is 203 g/mol. The van der Waals surface area contributed by atoms with E-state index in [0.29, 0.717) is 12.3 Å². The van der Waals surface area contributed by atoms with Gasteiger partial charge in [-0.3, -0.25) is 0 Å². The molecule has 2 N–H and O–H groups in total.